The summed E-state index contributed by atoms with van der Waals surface area (Å²) in [6.45, 7) is 0. The number of anilines is 1. The number of hydrogen-bond acceptors (Lipinski definition) is 6. The number of rotatable bonds is 4. The number of nitrogens with one attached hydrogen (secondary N) is 1. The van der Waals surface area contributed by atoms with E-state index in [4.69, 9.17) is 0 Å². The lowest BCUT2D eigenvalue weighted by Gasteiger charge is -2.27. The highest BCUT2D eigenvalue weighted by molar-refractivity contribution is 7.93. The summed E-state index contributed by atoms with van der Waals surface area (Å²) in [5.41, 5.74) is 1.18. The fourth-order valence-corrected chi connectivity index (χ4v) is 4.28. The second kappa shape index (κ2) is 6.01. The van der Waals surface area contributed by atoms with Gasteiger partial charge < -0.3 is 5.11 Å². The summed E-state index contributed by atoms with van der Waals surface area (Å²) in [6, 6.07) is 6.71. The van der Waals surface area contributed by atoms with Crippen LogP contribution in [0.1, 0.15) is 25.7 Å². The molecule has 1 heterocycles. The molecule has 1 aliphatic carbocycles. The molecule has 1 aromatic heterocycles. The maximum atomic E-state index is 12.4. The second-order valence-electron chi connectivity index (χ2n) is 5.34. The normalized spacial score (nSPS) is 22.4. The minimum atomic E-state index is -3.60. The summed E-state index contributed by atoms with van der Waals surface area (Å²) < 4.78 is 28.8. The summed E-state index contributed by atoms with van der Waals surface area (Å²) in [5, 5.41) is 20.0. The van der Waals surface area contributed by atoms with E-state index in [1.54, 1.807) is 24.3 Å². The first kappa shape index (κ1) is 14.9. The van der Waals surface area contributed by atoms with E-state index in [2.05, 4.69) is 20.2 Å². The molecule has 1 fully saturated rings. The Balaban J connectivity index is 1.75. The Bertz CT molecular complexity index is 715. The van der Waals surface area contributed by atoms with E-state index < -0.39 is 21.4 Å². The molecule has 8 nitrogen and oxygen atoms in total. The van der Waals surface area contributed by atoms with E-state index in [1.807, 2.05) is 0 Å². The van der Waals surface area contributed by atoms with Crippen molar-refractivity contribution >= 4 is 15.7 Å². The van der Waals surface area contributed by atoms with Crippen molar-refractivity contribution in [3.63, 3.8) is 0 Å². The first-order valence-corrected chi connectivity index (χ1v) is 8.64. The minimum Gasteiger partial charge on any atom is -0.392 e. The van der Waals surface area contributed by atoms with Crippen molar-refractivity contribution in [1.82, 2.24) is 20.2 Å². The number of benzene rings is 1. The van der Waals surface area contributed by atoms with Gasteiger partial charge in [-0.05, 0) is 47.5 Å². The molecular formula is C13H17N5O3S. The van der Waals surface area contributed by atoms with E-state index in [-0.39, 0.29) is 0 Å². The zero-order chi connectivity index (χ0) is 15.6. The minimum absolute atomic E-state index is 0.453. The van der Waals surface area contributed by atoms with Crippen LogP contribution in [-0.4, -0.2) is 45.1 Å². The number of aliphatic hydroxyl groups is 1. The molecule has 2 aromatic rings. The number of aromatic nitrogens is 4. The van der Waals surface area contributed by atoms with Crippen LogP contribution in [0.25, 0.3) is 5.69 Å². The van der Waals surface area contributed by atoms with Crippen LogP contribution in [0.2, 0.25) is 0 Å². The Kier molecular flexibility index (Phi) is 4.08. The molecule has 0 amide bonds. The van der Waals surface area contributed by atoms with E-state index in [0.29, 0.717) is 18.5 Å². The third-order valence-corrected chi connectivity index (χ3v) is 5.67. The van der Waals surface area contributed by atoms with Gasteiger partial charge in [-0.15, -0.1) is 5.10 Å². The van der Waals surface area contributed by atoms with Gasteiger partial charge >= 0.3 is 0 Å². The highest BCUT2D eigenvalue weighted by atomic mass is 32.2. The van der Waals surface area contributed by atoms with E-state index in [9.17, 15) is 13.5 Å². The molecule has 0 saturated heterocycles. The predicted octanol–water partition coefficient (Wildman–Crippen LogP) is 0.707. The molecular weight excluding hydrogens is 306 g/mol. The van der Waals surface area contributed by atoms with E-state index in [0.717, 1.165) is 18.5 Å². The van der Waals surface area contributed by atoms with Crippen LogP contribution in [-0.2, 0) is 10.0 Å². The van der Waals surface area contributed by atoms with Crippen LogP contribution < -0.4 is 4.72 Å². The third kappa shape index (κ3) is 3.09. The summed E-state index contributed by atoms with van der Waals surface area (Å²) in [5.74, 6) is 0. The topological polar surface area (TPSA) is 110 Å². The van der Waals surface area contributed by atoms with Gasteiger partial charge in [-0.1, -0.05) is 12.8 Å². The molecule has 1 aromatic carbocycles. The van der Waals surface area contributed by atoms with E-state index in [1.165, 1.54) is 11.0 Å². The van der Waals surface area contributed by atoms with Crippen LogP contribution in [0.4, 0.5) is 5.69 Å². The molecule has 2 atom stereocenters. The van der Waals surface area contributed by atoms with Crippen molar-refractivity contribution in [3.05, 3.63) is 30.6 Å². The molecule has 0 spiro atoms. The third-order valence-electron chi connectivity index (χ3n) is 3.81. The average Bonchev–Trinajstić information content (AvgIpc) is 3.02. The van der Waals surface area contributed by atoms with Crippen molar-refractivity contribution in [3.8, 4) is 5.69 Å². The van der Waals surface area contributed by atoms with Crippen LogP contribution in [0.3, 0.4) is 0 Å². The molecule has 22 heavy (non-hydrogen) atoms. The Morgan fingerprint density at radius 3 is 2.55 bits per heavy atom. The summed E-state index contributed by atoms with van der Waals surface area (Å²) in [7, 11) is -3.60. The molecule has 0 unspecified atom stereocenters. The first-order valence-electron chi connectivity index (χ1n) is 7.09. The Morgan fingerprint density at radius 1 is 1.18 bits per heavy atom. The van der Waals surface area contributed by atoms with Crippen LogP contribution in [0.5, 0.6) is 0 Å². The number of aliphatic hydroxyl groups excluding tert-OH is 1. The second-order valence-corrected chi connectivity index (χ2v) is 7.24. The van der Waals surface area contributed by atoms with Gasteiger partial charge in [0.1, 0.15) is 11.6 Å². The SMILES string of the molecule is O=S(=O)(Nc1ccc(-n2cnnn2)cc1)[C@H]1CCCC[C@H]1O. The molecule has 3 rings (SSSR count). The zero-order valence-electron chi connectivity index (χ0n) is 11.8. The van der Waals surface area contributed by atoms with Gasteiger partial charge in [-0.3, -0.25) is 4.72 Å². The zero-order valence-corrected chi connectivity index (χ0v) is 12.6. The van der Waals surface area contributed by atoms with Crippen molar-refractivity contribution in [2.45, 2.75) is 37.0 Å². The van der Waals surface area contributed by atoms with Gasteiger partial charge in [0.25, 0.3) is 0 Å². The largest absolute Gasteiger partial charge is 0.392 e. The smallest absolute Gasteiger partial charge is 0.238 e. The molecule has 0 bridgehead atoms. The lowest BCUT2D eigenvalue weighted by Crippen LogP contribution is -2.40. The Morgan fingerprint density at radius 2 is 1.91 bits per heavy atom. The van der Waals surface area contributed by atoms with Gasteiger partial charge in [0.05, 0.1) is 11.8 Å². The summed E-state index contributed by atoms with van der Waals surface area (Å²) in [4.78, 5) is 0. The number of hydrogen-bond donors (Lipinski definition) is 2. The van der Waals surface area contributed by atoms with Crippen LogP contribution in [0, 0.1) is 0 Å². The maximum Gasteiger partial charge on any atom is 0.238 e. The van der Waals surface area contributed by atoms with Gasteiger partial charge in [-0.25, -0.2) is 13.1 Å². The van der Waals surface area contributed by atoms with Crippen LogP contribution in [0.15, 0.2) is 30.6 Å². The van der Waals surface area contributed by atoms with Crippen molar-refractivity contribution in [1.29, 1.82) is 0 Å². The van der Waals surface area contributed by atoms with Crippen molar-refractivity contribution in [2.75, 3.05) is 4.72 Å². The molecule has 2 N–H and O–H groups in total. The molecule has 9 heteroatoms. The fraction of sp³-hybridized carbons (Fsp3) is 0.462. The monoisotopic (exact) mass is 323 g/mol. The van der Waals surface area contributed by atoms with Crippen LogP contribution >= 0.6 is 0 Å². The Hall–Kier alpha value is -2.00. The lowest BCUT2D eigenvalue weighted by atomic mass is 9.97. The van der Waals surface area contributed by atoms with Gasteiger partial charge in [0.15, 0.2) is 0 Å². The molecule has 118 valence electrons. The molecule has 1 saturated carbocycles. The lowest BCUT2D eigenvalue weighted by molar-refractivity contribution is 0.133. The highest BCUT2D eigenvalue weighted by Gasteiger charge is 2.34. The summed E-state index contributed by atoms with van der Waals surface area (Å²) in [6.07, 6.45) is 3.36. The molecule has 0 radical (unpaired) electrons. The first-order chi connectivity index (χ1) is 10.6. The standard InChI is InChI=1S/C13H17N5O3S/c19-12-3-1-2-4-13(12)22(20,21)15-10-5-7-11(8-6-10)18-9-14-16-17-18/h5-9,12-13,15,19H,1-4H2/t12-,13+/m1/s1. The summed E-state index contributed by atoms with van der Waals surface area (Å²) >= 11 is 0. The van der Waals surface area contributed by atoms with Gasteiger partial charge in [0, 0.05) is 5.69 Å². The average molecular weight is 323 g/mol. The number of nitrogens with zero attached hydrogens (tertiary/aromatic N) is 4. The molecule has 0 aliphatic heterocycles. The maximum absolute atomic E-state index is 12.4. The quantitative estimate of drug-likeness (QED) is 0.857. The van der Waals surface area contributed by atoms with E-state index >= 15 is 0 Å². The molecule has 1 aliphatic rings. The number of sulfonamides is 1. The fourth-order valence-electron chi connectivity index (χ4n) is 2.64. The Labute approximate surface area is 128 Å². The number of tetrazole rings is 1. The van der Waals surface area contributed by atoms with Gasteiger partial charge in [-0.2, -0.15) is 0 Å². The predicted molar refractivity (Wildman–Crippen MR) is 80.0 cm³/mol. The van der Waals surface area contributed by atoms with Crippen molar-refractivity contribution < 1.29 is 13.5 Å². The van der Waals surface area contributed by atoms with Crippen molar-refractivity contribution in [2.24, 2.45) is 0 Å². The highest BCUT2D eigenvalue weighted by Crippen LogP contribution is 2.26. The van der Waals surface area contributed by atoms with Gasteiger partial charge in [0.2, 0.25) is 10.0 Å².